The Kier molecular flexibility index (Phi) is 2.27. The summed E-state index contributed by atoms with van der Waals surface area (Å²) in [7, 11) is 0. The molecule has 2 aromatic rings. The predicted octanol–water partition coefficient (Wildman–Crippen LogP) is 3.41. The van der Waals surface area contributed by atoms with E-state index in [4.69, 9.17) is 21.8 Å². The van der Waals surface area contributed by atoms with Crippen LogP contribution in [0.4, 0.5) is 0 Å². The van der Waals surface area contributed by atoms with Crippen molar-refractivity contribution in [1.82, 2.24) is 0 Å². The highest BCUT2D eigenvalue weighted by Gasteiger charge is 2.37. The summed E-state index contributed by atoms with van der Waals surface area (Å²) in [5.41, 5.74) is 6.73. The Morgan fingerprint density at radius 3 is 2.62 bits per heavy atom. The summed E-state index contributed by atoms with van der Waals surface area (Å²) in [6, 6.07) is 11.9. The molecule has 1 aromatic carbocycles. The van der Waals surface area contributed by atoms with Crippen LogP contribution in [0.3, 0.4) is 0 Å². The first-order valence-electron chi connectivity index (χ1n) is 5.36. The van der Waals surface area contributed by atoms with E-state index in [1.165, 1.54) is 0 Å². The standard InChI is InChI=1S/C13H12ClNO/c14-10-4-2-1-3-8(10)12-5-6-13(16-12)9-7-11(9)15/h1-6,9,11H,7,15H2. The fourth-order valence-electron chi connectivity index (χ4n) is 1.90. The van der Waals surface area contributed by atoms with Gasteiger partial charge in [0.05, 0.1) is 5.02 Å². The van der Waals surface area contributed by atoms with Gasteiger partial charge in [0.1, 0.15) is 11.5 Å². The third-order valence-electron chi connectivity index (χ3n) is 2.97. The monoisotopic (exact) mass is 233 g/mol. The van der Waals surface area contributed by atoms with Crippen molar-refractivity contribution in [2.24, 2.45) is 5.73 Å². The highest BCUT2D eigenvalue weighted by atomic mass is 35.5. The molecule has 1 aliphatic rings. The molecule has 2 unspecified atom stereocenters. The van der Waals surface area contributed by atoms with Gasteiger partial charge in [-0.25, -0.2) is 0 Å². The average Bonchev–Trinajstić information content (AvgIpc) is 2.82. The normalized spacial score (nSPS) is 23.4. The minimum Gasteiger partial charge on any atom is -0.461 e. The first kappa shape index (κ1) is 9.94. The van der Waals surface area contributed by atoms with Crippen molar-refractivity contribution in [1.29, 1.82) is 0 Å². The van der Waals surface area contributed by atoms with Gasteiger partial charge in [-0.1, -0.05) is 23.7 Å². The zero-order valence-electron chi connectivity index (χ0n) is 8.69. The van der Waals surface area contributed by atoms with E-state index in [-0.39, 0.29) is 6.04 Å². The Balaban J connectivity index is 1.95. The number of hydrogen-bond donors (Lipinski definition) is 1. The maximum Gasteiger partial charge on any atom is 0.135 e. The van der Waals surface area contributed by atoms with E-state index < -0.39 is 0 Å². The Labute approximate surface area is 99.0 Å². The molecular weight excluding hydrogens is 222 g/mol. The SMILES string of the molecule is NC1CC1c1ccc(-c2ccccc2Cl)o1. The summed E-state index contributed by atoms with van der Waals surface area (Å²) in [6.07, 6.45) is 1.02. The summed E-state index contributed by atoms with van der Waals surface area (Å²) in [5.74, 6) is 2.19. The lowest BCUT2D eigenvalue weighted by Gasteiger charge is -1.99. The molecule has 2 atom stereocenters. The molecule has 0 amide bonds. The molecule has 16 heavy (non-hydrogen) atoms. The van der Waals surface area contributed by atoms with E-state index in [0.717, 1.165) is 23.5 Å². The van der Waals surface area contributed by atoms with Gasteiger partial charge in [0, 0.05) is 17.5 Å². The largest absolute Gasteiger partial charge is 0.461 e. The molecule has 82 valence electrons. The highest BCUT2D eigenvalue weighted by molar-refractivity contribution is 6.33. The molecule has 1 saturated carbocycles. The molecule has 0 radical (unpaired) electrons. The van der Waals surface area contributed by atoms with Gasteiger partial charge in [-0.15, -0.1) is 0 Å². The zero-order valence-corrected chi connectivity index (χ0v) is 9.45. The lowest BCUT2D eigenvalue weighted by Crippen LogP contribution is -2.00. The van der Waals surface area contributed by atoms with Crippen molar-refractivity contribution in [2.45, 2.75) is 18.4 Å². The van der Waals surface area contributed by atoms with Gasteiger partial charge in [0.2, 0.25) is 0 Å². The molecule has 0 aliphatic heterocycles. The summed E-state index contributed by atoms with van der Waals surface area (Å²) in [6.45, 7) is 0. The van der Waals surface area contributed by atoms with Crippen LogP contribution in [-0.2, 0) is 0 Å². The number of benzene rings is 1. The van der Waals surface area contributed by atoms with Crippen LogP contribution >= 0.6 is 11.6 Å². The van der Waals surface area contributed by atoms with E-state index in [2.05, 4.69) is 0 Å². The van der Waals surface area contributed by atoms with E-state index >= 15 is 0 Å². The minimum atomic E-state index is 0.269. The van der Waals surface area contributed by atoms with Gasteiger partial charge in [-0.3, -0.25) is 0 Å². The van der Waals surface area contributed by atoms with Crippen molar-refractivity contribution in [3.05, 3.63) is 47.2 Å². The number of halogens is 1. The van der Waals surface area contributed by atoms with Crippen molar-refractivity contribution in [2.75, 3.05) is 0 Å². The van der Waals surface area contributed by atoms with E-state index in [0.29, 0.717) is 10.9 Å². The fraction of sp³-hybridized carbons (Fsp3) is 0.231. The Morgan fingerprint density at radius 1 is 1.19 bits per heavy atom. The molecule has 2 N–H and O–H groups in total. The third-order valence-corrected chi connectivity index (χ3v) is 3.30. The van der Waals surface area contributed by atoms with Gasteiger partial charge in [0.15, 0.2) is 0 Å². The summed E-state index contributed by atoms with van der Waals surface area (Å²) < 4.78 is 5.78. The first-order chi connectivity index (χ1) is 7.75. The summed E-state index contributed by atoms with van der Waals surface area (Å²) in [4.78, 5) is 0. The lowest BCUT2D eigenvalue weighted by molar-refractivity contribution is 0.522. The van der Waals surface area contributed by atoms with Crippen molar-refractivity contribution in [3.8, 4) is 11.3 Å². The predicted molar refractivity (Wildman–Crippen MR) is 64.5 cm³/mol. The van der Waals surface area contributed by atoms with Crippen LogP contribution < -0.4 is 5.73 Å². The lowest BCUT2D eigenvalue weighted by atomic mass is 10.2. The van der Waals surface area contributed by atoms with Gasteiger partial charge in [-0.05, 0) is 30.7 Å². The Hall–Kier alpha value is -1.25. The maximum atomic E-state index is 6.11. The first-order valence-corrected chi connectivity index (χ1v) is 5.74. The number of hydrogen-bond acceptors (Lipinski definition) is 2. The molecular formula is C13H12ClNO. The maximum absolute atomic E-state index is 6.11. The molecule has 0 spiro atoms. The second-order valence-electron chi connectivity index (χ2n) is 4.19. The molecule has 2 nitrogen and oxygen atoms in total. The second-order valence-corrected chi connectivity index (χ2v) is 4.60. The average molecular weight is 234 g/mol. The minimum absolute atomic E-state index is 0.269. The quantitative estimate of drug-likeness (QED) is 0.863. The topological polar surface area (TPSA) is 39.2 Å². The van der Waals surface area contributed by atoms with Gasteiger partial charge < -0.3 is 10.2 Å². The van der Waals surface area contributed by atoms with Crippen LogP contribution in [0.1, 0.15) is 18.1 Å². The van der Waals surface area contributed by atoms with Crippen molar-refractivity contribution in [3.63, 3.8) is 0 Å². The molecule has 1 fully saturated rings. The zero-order chi connectivity index (χ0) is 11.1. The molecule has 1 aromatic heterocycles. The van der Waals surface area contributed by atoms with Crippen molar-refractivity contribution >= 4 is 11.6 Å². The van der Waals surface area contributed by atoms with Crippen molar-refractivity contribution < 1.29 is 4.42 Å². The number of furan rings is 1. The van der Waals surface area contributed by atoms with Crippen LogP contribution in [-0.4, -0.2) is 6.04 Å². The van der Waals surface area contributed by atoms with Crippen LogP contribution in [0.2, 0.25) is 5.02 Å². The summed E-state index contributed by atoms with van der Waals surface area (Å²) in [5, 5.41) is 0.712. The number of nitrogens with two attached hydrogens (primary N) is 1. The molecule has 0 saturated heterocycles. The highest BCUT2D eigenvalue weighted by Crippen LogP contribution is 2.41. The van der Waals surface area contributed by atoms with Crippen LogP contribution in [0.25, 0.3) is 11.3 Å². The van der Waals surface area contributed by atoms with E-state index in [1.807, 2.05) is 36.4 Å². The van der Waals surface area contributed by atoms with Gasteiger partial charge >= 0.3 is 0 Å². The third kappa shape index (κ3) is 1.64. The molecule has 0 bridgehead atoms. The Bertz CT molecular complexity index is 520. The fourth-order valence-corrected chi connectivity index (χ4v) is 2.13. The van der Waals surface area contributed by atoms with Gasteiger partial charge in [0.25, 0.3) is 0 Å². The van der Waals surface area contributed by atoms with Gasteiger partial charge in [-0.2, -0.15) is 0 Å². The molecule has 1 aliphatic carbocycles. The molecule has 3 heteroatoms. The van der Waals surface area contributed by atoms with E-state index in [1.54, 1.807) is 0 Å². The van der Waals surface area contributed by atoms with Crippen LogP contribution in [0, 0.1) is 0 Å². The summed E-state index contributed by atoms with van der Waals surface area (Å²) >= 11 is 6.11. The van der Waals surface area contributed by atoms with Crippen LogP contribution in [0.15, 0.2) is 40.8 Å². The molecule has 1 heterocycles. The second kappa shape index (κ2) is 3.65. The van der Waals surface area contributed by atoms with Crippen LogP contribution in [0.5, 0.6) is 0 Å². The smallest absolute Gasteiger partial charge is 0.135 e. The number of rotatable bonds is 2. The molecule has 3 rings (SSSR count). The van der Waals surface area contributed by atoms with E-state index in [9.17, 15) is 0 Å². The Morgan fingerprint density at radius 2 is 1.94 bits per heavy atom.